The second kappa shape index (κ2) is 84.9. The molecule has 17 heteroatoms. The number of thiophene rings is 1. The first kappa shape index (κ1) is 103. The lowest BCUT2D eigenvalue weighted by Crippen LogP contribution is -2.00. The molecule has 0 bridgehead atoms. The lowest BCUT2D eigenvalue weighted by atomic mass is 10.1. The van der Waals surface area contributed by atoms with Gasteiger partial charge in [0, 0.05) is 82.5 Å². The molecule has 1 atom stereocenters. The Morgan fingerprint density at radius 1 is 0.506 bits per heavy atom. The second-order valence-electron chi connectivity index (χ2n) is 13.4. The predicted octanol–water partition coefficient (Wildman–Crippen LogP) is 17.7. The summed E-state index contributed by atoms with van der Waals surface area (Å²) in [6.45, 7) is 42.5. The van der Waals surface area contributed by atoms with E-state index >= 15 is 0 Å². The minimum Gasteiger partial charge on any atom is -0.481 e. The maximum Gasteiger partial charge on any atom is 0.303 e. The van der Waals surface area contributed by atoms with E-state index < -0.39 is 48.4 Å². The third-order valence-corrected chi connectivity index (χ3v) is 11.6. The Kier molecular flexibility index (Phi) is 111. The third kappa shape index (κ3) is 93.3. The number of benzene rings is 3. The van der Waals surface area contributed by atoms with Gasteiger partial charge in [0.25, 0.3) is 0 Å². The smallest absolute Gasteiger partial charge is 0.303 e. The van der Waals surface area contributed by atoms with Crippen molar-refractivity contribution in [1.29, 1.82) is 0 Å². The van der Waals surface area contributed by atoms with E-state index in [1.807, 2.05) is 150 Å². The van der Waals surface area contributed by atoms with Crippen molar-refractivity contribution in [3.63, 3.8) is 0 Å². The number of hydrogen-bond donors (Lipinski definition) is 4. The number of aromatic amines is 1. The maximum atomic E-state index is 10.2. The number of carbonyl (C=O) groups is 3. The quantitative estimate of drug-likeness (QED) is 0.108. The highest BCUT2D eigenvalue weighted by atomic mass is 32.2. The Balaban J connectivity index is -0.0000000623. The fourth-order valence-corrected chi connectivity index (χ4v) is 7.29. The van der Waals surface area contributed by atoms with Gasteiger partial charge in [0.1, 0.15) is 19.7 Å². The third-order valence-electron chi connectivity index (χ3n) is 7.38. The van der Waals surface area contributed by atoms with Crippen LogP contribution in [0.5, 0.6) is 0 Å². The molecule has 5 aromatic rings. The molecular formula is C62H121NO12S4. The number of fused-ring (bicyclic) bond motifs is 3. The molecule has 13 nitrogen and oxygen atoms in total. The molecule has 6 rings (SSSR count). The first-order valence-corrected chi connectivity index (χ1v) is 35.2. The molecule has 2 aromatic heterocycles. The summed E-state index contributed by atoms with van der Waals surface area (Å²) in [5, 5.41) is 27.9. The average Bonchev–Trinajstić information content (AvgIpc) is 4.26. The van der Waals surface area contributed by atoms with Crippen LogP contribution in [0.3, 0.4) is 0 Å². The molecule has 1 aliphatic rings. The molecule has 0 fully saturated rings. The summed E-state index contributed by atoms with van der Waals surface area (Å²) < 4.78 is 52.5. The Labute approximate surface area is 492 Å². The van der Waals surface area contributed by atoms with Gasteiger partial charge in [0.05, 0.1) is 0 Å². The number of nitrogens with one attached hydrogen (secondary N) is 1. The van der Waals surface area contributed by atoms with E-state index in [1.54, 1.807) is 49.5 Å². The highest BCUT2D eigenvalue weighted by Crippen LogP contribution is 2.20. The first-order chi connectivity index (χ1) is 37.1. The normalized spacial score (nSPS) is 9.28. The van der Waals surface area contributed by atoms with Crippen LogP contribution in [0.25, 0.3) is 21.0 Å². The lowest BCUT2D eigenvalue weighted by Gasteiger charge is -1.93. The van der Waals surface area contributed by atoms with Crippen LogP contribution in [0.15, 0.2) is 96.5 Å². The molecule has 470 valence electrons. The standard InChI is InChI=1S/C9H10.C8H7N.C8H6S.2C4H10O2S.C4H10OS.3C3H6O2.8C2H6.H2O/c1-2-5-9-7-3-6-8(9)4-1;2*1-2-4-8-7(3-1)5-6-9-8;2*1-3-4-7(2,5)6;1-3-4-6(2)5;3*1-2-3(4)5;8*1-2;/h1-2,4-5H,3,6-7H2;1-6,9H;1-6H;2*3-4H2,1-2H3;3-4H2,1-2H3;3*2H2,1H3,(H,4,5);8*1-2H3;1H2. The number of carboxylic acid groups (broad SMARTS) is 3. The number of H-pyrrole nitrogens is 1. The largest absolute Gasteiger partial charge is 0.481 e. The molecule has 0 radical (unpaired) electrons. The van der Waals surface area contributed by atoms with Gasteiger partial charge in [-0.25, -0.2) is 16.8 Å². The highest BCUT2D eigenvalue weighted by Gasteiger charge is 2.07. The van der Waals surface area contributed by atoms with Crippen LogP contribution in [0, 0.1) is 0 Å². The molecule has 0 aliphatic heterocycles. The van der Waals surface area contributed by atoms with Crippen LogP contribution in [-0.4, -0.2) is 101 Å². The van der Waals surface area contributed by atoms with Crippen molar-refractivity contribution in [2.75, 3.05) is 36.0 Å². The molecule has 0 saturated carbocycles. The molecule has 1 unspecified atom stereocenters. The van der Waals surface area contributed by atoms with E-state index in [0.29, 0.717) is 11.5 Å². The second-order valence-corrected chi connectivity index (χ2v) is 20.4. The Bertz CT molecular complexity index is 1950. The van der Waals surface area contributed by atoms with Crippen molar-refractivity contribution < 1.29 is 56.2 Å². The summed E-state index contributed by atoms with van der Waals surface area (Å²) in [4.78, 5) is 31.2. The Morgan fingerprint density at radius 3 is 1.08 bits per heavy atom. The molecular weight excluding hydrogens is 1080 g/mol. The van der Waals surface area contributed by atoms with Gasteiger partial charge in [0.15, 0.2) is 0 Å². The zero-order chi connectivity index (χ0) is 64.0. The molecule has 3 aromatic carbocycles. The topological polar surface area (TPSA) is 245 Å². The van der Waals surface area contributed by atoms with E-state index in [1.165, 1.54) is 52.8 Å². The summed E-state index contributed by atoms with van der Waals surface area (Å²) in [6, 6.07) is 29.6. The predicted molar refractivity (Wildman–Crippen MR) is 356 cm³/mol. The van der Waals surface area contributed by atoms with Gasteiger partial charge < -0.3 is 25.8 Å². The van der Waals surface area contributed by atoms with Crippen LogP contribution in [0.4, 0.5) is 0 Å². The minimum atomic E-state index is -2.67. The summed E-state index contributed by atoms with van der Waals surface area (Å²) in [5.41, 5.74) is 4.34. The number of aliphatic carboxylic acids is 3. The fourth-order valence-electron chi connectivity index (χ4n) is 4.44. The number of para-hydroxylation sites is 1. The van der Waals surface area contributed by atoms with Crippen molar-refractivity contribution in [3.05, 3.63) is 108 Å². The molecule has 0 spiro atoms. The molecule has 0 amide bonds. The van der Waals surface area contributed by atoms with Crippen LogP contribution < -0.4 is 0 Å². The zero-order valence-electron chi connectivity index (χ0n) is 54.5. The van der Waals surface area contributed by atoms with Gasteiger partial charge in [-0.05, 0) is 90.1 Å². The lowest BCUT2D eigenvalue weighted by molar-refractivity contribution is -0.137. The van der Waals surface area contributed by atoms with Crippen molar-refractivity contribution in [2.45, 2.75) is 210 Å². The van der Waals surface area contributed by atoms with Crippen molar-refractivity contribution in [1.82, 2.24) is 4.98 Å². The SMILES string of the molecule is CC.CC.CC.CC.CC.CC.CC.CC.CCC(=O)O.CCC(=O)O.CCC(=O)O.CCCS(C)(=O)=O.CCCS(C)(=O)=O.CCCS(C)=O.O.c1ccc2[nH]ccc2c1.c1ccc2c(c1)CCC2.c1ccc2sccc2c1. The molecule has 2 heterocycles. The molecule has 0 saturated heterocycles. The number of hydrogen-bond acceptors (Lipinski definition) is 9. The van der Waals surface area contributed by atoms with Crippen molar-refractivity contribution in [3.8, 4) is 0 Å². The summed E-state index contributed by atoms with van der Waals surface area (Å²) in [6.07, 6.45) is 13.3. The van der Waals surface area contributed by atoms with Gasteiger partial charge in [-0.2, -0.15) is 0 Å². The van der Waals surface area contributed by atoms with Crippen molar-refractivity contribution >= 4 is 80.7 Å². The van der Waals surface area contributed by atoms with Crippen LogP contribution in [0.2, 0.25) is 0 Å². The van der Waals surface area contributed by atoms with Gasteiger partial charge in [-0.3, -0.25) is 18.6 Å². The number of aromatic nitrogens is 1. The van der Waals surface area contributed by atoms with Gasteiger partial charge in [0.2, 0.25) is 0 Å². The number of sulfone groups is 2. The van der Waals surface area contributed by atoms with Gasteiger partial charge in [-0.1, -0.05) is 213 Å². The van der Waals surface area contributed by atoms with E-state index in [2.05, 4.69) is 83.2 Å². The van der Waals surface area contributed by atoms with E-state index in [4.69, 9.17) is 15.3 Å². The monoisotopic (exact) mass is 1200 g/mol. The van der Waals surface area contributed by atoms with E-state index in [0.717, 1.165) is 25.0 Å². The zero-order valence-corrected chi connectivity index (χ0v) is 57.7. The molecule has 79 heavy (non-hydrogen) atoms. The highest BCUT2D eigenvalue weighted by molar-refractivity contribution is 7.90. The minimum absolute atomic E-state index is 0. The number of rotatable bonds is 9. The van der Waals surface area contributed by atoms with Gasteiger partial charge >= 0.3 is 17.9 Å². The maximum absolute atomic E-state index is 10.2. The van der Waals surface area contributed by atoms with Crippen LogP contribution >= 0.6 is 11.3 Å². The molecule has 1 aliphatic carbocycles. The Hall–Kier alpha value is -4.42. The fraction of sp³-hybridized carbons (Fsp3) is 0.597. The van der Waals surface area contributed by atoms with Crippen LogP contribution in [0.1, 0.15) is 208 Å². The summed E-state index contributed by atoms with van der Waals surface area (Å²) in [5.74, 6) is -0.764. The number of aryl methyl sites for hydroxylation is 2. The van der Waals surface area contributed by atoms with E-state index in [-0.39, 0.29) is 24.7 Å². The van der Waals surface area contributed by atoms with Gasteiger partial charge in [-0.15, -0.1) is 11.3 Å². The Morgan fingerprint density at radius 2 is 0.823 bits per heavy atom. The van der Waals surface area contributed by atoms with E-state index in [9.17, 15) is 35.4 Å². The summed E-state index contributed by atoms with van der Waals surface area (Å²) >= 11 is 1.79. The van der Waals surface area contributed by atoms with Crippen LogP contribution in [-0.2, 0) is 57.7 Å². The first-order valence-electron chi connectivity index (χ1n) is 28.4. The molecule has 6 N–H and O–H groups in total. The average molecular weight is 1200 g/mol. The number of carboxylic acids is 3. The van der Waals surface area contributed by atoms with Crippen molar-refractivity contribution in [2.24, 2.45) is 0 Å². The summed E-state index contributed by atoms with van der Waals surface area (Å²) in [7, 11) is -5.91.